The zero-order valence-electron chi connectivity index (χ0n) is 9.80. The molecule has 2 heterocycles. The molecule has 1 aliphatic rings. The van der Waals surface area contributed by atoms with Crippen LogP contribution < -0.4 is 10.6 Å². The van der Waals surface area contributed by atoms with E-state index < -0.39 is 0 Å². The molecule has 0 aliphatic carbocycles. The van der Waals surface area contributed by atoms with Crippen LogP contribution in [0.2, 0.25) is 0 Å². The second kappa shape index (κ2) is 4.98. The van der Waals surface area contributed by atoms with Gasteiger partial charge in [0, 0.05) is 29.3 Å². The normalized spacial score (nSPS) is 14.2. The van der Waals surface area contributed by atoms with Crippen LogP contribution in [-0.4, -0.2) is 24.0 Å². The van der Waals surface area contributed by atoms with Gasteiger partial charge in [-0.25, -0.2) is 4.98 Å². The number of hydrogen-bond donors (Lipinski definition) is 2. The fraction of sp³-hybridized carbons (Fsp3) is 0.333. The molecule has 1 fully saturated rings. The van der Waals surface area contributed by atoms with Crippen LogP contribution in [0, 0.1) is 6.92 Å². The Morgan fingerprint density at radius 3 is 2.76 bits per heavy atom. The third-order valence-electron chi connectivity index (χ3n) is 2.84. The quantitative estimate of drug-likeness (QED) is 0.821. The van der Waals surface area contributed by atoms with Crippen LogP contribution >= 0.6 is 15.9 Å². The highest BCUT2D eigenvalue weighted by Crippen LogP contribution is 2.18. The van der Waals surface area contributed by atoms with Gasteiger partial charge in [-0.2, -0.15) is 0 Å². The van der Waals surface area contributed by atoms with E-state index in [-0.39, 0.29) is 5.91 Å². The topological polar surface area (TPSA) is 54.0 Å². The second-order valence-corrected chi connectivity index (χ2v) is 4.96. The summed E-state index contributed by atoms with van der Waals surface area (Å²) in [5.74, 6) is 0.513. The van der Waals surface area contributed by atoms with E-state index in [1.807, 2.05) is 19.9 Å². The lowest BCUT2D eigenvalue weighted by Crippen LogP contribution is -2.36. The monoisotopic (exact) mass is 295 g/mol. The summed E-state index contributed by atoms with van der Waals surface area (Å²) in [6.45, 7) is 5.43. The maximum absolute atomic E-state index is 11.9. The SMILES string of the molecule is CC(C(=O)Nc1cc(C)c(Br)cn1)=C1CNC1. The Morgan fingerprint density at radius 1 is 1.53 bits per heavy atom. The summed E-state index contributed by atoms with van der Waals surface area (Å²) >= 11 is 3.38. The average Bonchev–Trinajstić information content (AvgIpc) is 2.21. The maximum Gasteiger partial charge on any atom is 0.252 e. The number of aryl methyl sites for hydroxylation is 1. The van der Waals surface area contributed by atoms with E-state index in [1.165, 1.54) is 0 Å². The zero-order valence-corrected chi connectivity index (χ0v) is 11.4. The molecule has 0 unspecified atom stereocenters. The van der Waals surface area contributed by atoms with E-state index in [1.54, 1.807) is 6.20 Å². The Hall–Kier alpha value is -1.20. The molecule has 1 aromatic heterocycles. The smallest absolute Gasteiger partial charge is 0.252 e. The van der Waals surface area contributed by atoms with E-state index in [2.05, 4.69) is 31.5 Å². The molecule has 1 aliphatic heterocycles. The number of nitrogens with zero attached hydrogens (tertiary/aromatic N) is 1. The van der Waals surface area contributed by atoms with E-state index in [0.717, 1.165) is 34.3 Å². The highest BCUT2D eigenvalue weighted by molar-refractivity contribution is 9.10. The van der Waals surface area contributed by atoms with E-state index in [9.17, 15) is 4.79 Å². The predicted octanol–water partition coefficient (Wildman–Crippen LogP) is 2.01. The van der Waals surface area contributed by atoms with E-state index >= 15 is 0 Å². The molecule has 17 heavy (non-hydrogen) atoms. The minimum absolute atomic E-state index is 0.0734. The molecule has 0 radical (unpaired) electrons. The van der Waals surface area contributed by atoms with Crippen LogP contribution in [0.1, 0.15) is 12.5 Å². The van der Waals surface area contributed by atoms with Crippen molar-refractivity contribution in [2.75, 3.05) is 18.4 Å². The highest BCUT2D eigenvalue weighted by Gasteiger charge is 2.16. The molecule has 0 atom stereocenters. The molecule has 5 heteroatoms. The Balaban J connectivity index is 2.10. The largest absolute Gasteiger partial charge is 0.309 e. The minimum atomic E-state index is -0.0734. The van der Waals surface area contributed by atoms with Crippen LogP contribution in [0.4, 0.5) is 5.82 Å². The molecule has 1 aromatic rings. The van der Waals surface area contributed by atoms with E-state index in [4.69, 9.17) is 0 Å². The first-order valence-electron chi connectivity index (χ1n) is 5.41. The first-order chi connectivity index (χ1) is 8.08. The highest BCUT2D eigenvalue weighted by atomic mass is 79.9. The van der Waals surface area contributed by atoms with Gasteiger partial charge in [0.1, 0.15) is 5.82 Å². The molecule has 0 spiro atoms. The van der Waals surface area contributed by atoms with Crippen LogP contribution in [-0.2, 0) is 4.79 Å². The van der Waals surface area contributed by atoms with Crippen molar-refractivity contribution in [3.05, 3.63) is 33.4 Å². The summed E-state index contributed by atoms with van der Waals surface area (Å²) in [5.41, 5.74) is 2.99. The van der Waals surface area contributed by atoms with Crippen LogP contribution in [0.25, 0.3) is 0 Å². The Morgan fingerprint density at radius 2 is 2.24 bits per heavy atom. The van der Waals surface area contributed by atoms with Crippen LogP contribution in [0.5, 0.6) is 0 Å². The third-order valence-corrected chi connectivity index (χ3v) is 3.67. The molecule has 4 nitrogen and oxygen atoms in total. The summed E-state index contributed by atoms with van der Waals surface area (Å²) in [6.07, 6.45) is 1.69. The van der Waals surface area contributed by atoms with E-state index in [0.29, 0.717) is 5.82 Å². The molecule has 0 aromatic carbocycles. The molecule has 1 saturated heterocycles. The van der Waals surface area contributed by atoms with Gasteiger partial charge in [0.15, 0.2) is 0 Å². The fourth-order valence-corrected chi connectivity index (χ4v) is 1.71. The number of pyridine rings is 1. The maximum atomic E-state index is 11.9. The van der Waals surface area contributed by atoms with Gasteiger partial charge in [-0.05, 0) is 47.0 Å². The van der Waals surface area contributed by atoms with Gasteiger partial charge in [0.25, 0.3) is 5.91 Å². The van der Waals surface area contributed by atoms with Crippen molar-refractivity contribution in [2.24, 2.45) is 0 Å². The van der Waals surface area contributed by atoms with Gasteiger partial charge in [-0.1, -0.05) is 0 Å². The molecular formula is C12H14BrN3O. The number of rotatable bonds is 2. The molecular weight excluding hydrogens is 282 g/mol. The van der Waals surface area contributed by atoms with Gasteiger partial charge < -0.3 is 10.6 Å². The van der Waals surface area contributed by atoms with Gasteiger partial charge in [0.2, 0.25) is 0 Å². The summed E-state index contributed by atoms with van der Waals surface area (Å²) in [4.78, 5) is 16.0. The number of nitrogens with one attached hydrogen (secondary N) is 2. The molecule has 0 saturated carbocycles. The average molecular weight is 296 g/mol. The van der Waals surface area contributed by atoms with Crippen LogP contribution in [0.15, 0.2) is 27.9 Å². The summed E-state index contributed by atoms with van der Waals surface area (Å²) in [7, 11) is 0. The van der Waals surface area contributed by atoms with Gasteiger partial charge in [-0.3, -0.25) is 4.79 Å². The first-order valence-corrected chi connectivity index (χ1v) is 6.20. The zero-order chi connectivity index (χ0) is 12.4. The number of carbonyl (C=O) groups is 1. The molecule has 2 N–H and O–H groups in total. The first kappa shape index (κ1) is 12.3. The van der Waals surface area contributed by atoms with Crippen molar-refractivity contribution in [1.82, 2.24) is 10.3 Å². The van der Waals surface area contributed by atoms with Crippen molar-refractivity contribution in [1.29, 1.82) is 0 Å². The Labute approximate surface area is 109 Å². The number of amides is 1. The number of anilines is 1. The van der Waals surface area contributed by atoms with Gasteiger partial charge >= 0.3 is 0 Å². The second-order valence-electron chi connectivity index (χ2n) is 4.10. The van der Waals surface area contributed by atoms with Crippen molar-refractivity contribution >= 4 is 27.7 Å². The Kier molecular flexibility index (Phi) is 3.59. The lowest BCUT2D eigenvalue weighted by molar-refractivity contribution is -0.112. The number of halogens is 1. The lowest BCUT2D eigenvalue weighted by atomic mass is 10.0. The summed E-state index contributed by atoms with van der Waals surface area (Å²) in [5, 5.41) is 5.92. The standard InChI is InChI=1S/C12H14BrN3O/c1-7-3-11(15-6-10(7)13)16-12(17)8(2)9-4-14-5-9/h3,6,14H,4-5H2,1-2H3,(H,15,16,17). The molecule has 0 bridgehead atoms. The summed E-state index contributed by atoms with van der Waals surface area (Å²) < 4.78 is 0.939. The number of carbonyl (C=O) groups excluding carboxylic acids is 1. The molecule has 2 rings (SSSR count). The van der Waals surface area contributed by atoms with Crippen molar-refractivity contribution in [2.45, 2.75) is 13.8 Å². The predicted molar refractivity (Wildman–Crippen MR) is 70.9 cm³/mol. The molecule has 1 amide bonds. The van der Waals surface area contributed by atoms with Crippen LogP contribution in [0.3, 0.4) is 0 Å². The number of hydrogen-bond acceptors (Lipinski definition) is 3. The van der Waals surface area contributed by atoms with Crippen molar-refractivity contribution in [3.8, 4) is 0 Å². The van der Waals surface area contributed by atoms with Crippen molar-refractivity contribution in [3.63, 3.8) is 0 Å². The van der Waals surface area contributed by atoms with Gasteiger partial charge in [-0.15, -0.1) is 0 Å². The third kappa shape index (κ3) is 2.73. The fourth-order valence-electron chi connectivity index (χ4n) is 1.49. The lowest BCUT2D eigenvalue weighted by Gasteiger charge is -2.21. The minimum Gasteiger partial charge on any atom is -0.309 e. The Bertz CT molecular complexity index is 491. The number of aromatic nitrogens is 1. The molecule has 90 valence electrons. The van der Waals surface area contributed by atoms with Gasteiger partial charge in [0.05, 0.1) is 0 Å². The van der Waals surface area contributed by atoms with Crippen molar-refractivity contribution < 1.29 is 4.79 Å². The summed E-state index contributed by atoms with van der Waals surface area (Å²) in [6, 6.07) is 1.85.